The van der Waals surface area contributed by atoms with Gasteiger partial charge in [-0.05, 0) is 43.4 Å². The summed E-state index contributed by atoms with van der Waals surface area (Å²) in [5, 5.41) is 3.23. The van der Waals surface area contributed by atoms with Crippen LogP contribution in [0.3, 0.4) is 0 Å². The molecule has 6 nitrogen and oxygen atoms in total. The Balaban J connectivity index is 0.00000208. The Kier molecular flexibility index (Phi) is 7.19. The van der Waals surface area contributed by atoms with E-state index in [0.717, 1.165) is 31.9 Å². The number of guanidine groups is 1. The van der Waals surface area contributed by atoms with Gasteiger partial charge in [0.15, 0.2) is 5.96 Å². The molecule has 3 rings (SSSR count). The van der Waals surface area contributed by atoms with Crippen LogP contribution in [0.5, 0.6) is 0 Å². The summed E-state index contributed by atoms with van der Waals surface area (Å²) in [5.41, 5.74) is 0.522. The Labute approximate surface area is 163 Å². The molecule has 24 heavy (non-hydrogen) atoms. The second-order valence-electron chi connectivity index (χ2n) is 7.46. The van der Waals surface area contributed by atoms with Gasteiger partial charge in [-0.1, -0.05) is 12.8 Å². The van der Waals surface area contributed by atoms with Crippen LogP contribution >= 0.6 is 24.0 Å². The number of hydrogen-bond acceptors (Lipinski definition) is 3. The summed E-state index contributed by atoms with van der Waals surface area (Å²) < 4.78 is 26.8. The number of aliphatic imine (C=N–C) groups is 1. The Morgan fingerprint density at radius 3 is 2.50 bits per heavy atom. The minimum absolute atomic E-state index is 0. The number of hydrogen-bond donors (Lipinski definition) is 2. The fourth-order valence-electron chi connectivity index (χ4n) is 3.84. The molecular formula is C16H31IN4O2S. The SMILES string of the molecule is CN=C(NCCS(=O)(=O)NCC1CCC1)N1CCC2(CCC2)C1.I. The number of likely N-dealkylation sites (tertiary alicyclic amines) is 1. The molecule has 0 aromatic heterocycles. The first-order valence-corrected chi connectivity index (χ1v) is 10.6. The molecule has 2 saturated carbocycles. The lowest BCUT2D eigenvalue weighted by molar-refractivity contribution is 0.151. The van der Waals surface area contributed by atoms with E-state index in [1.54, 1.807) is 7.05 Å². The highest BCUT2D eigenvalue weighted by molar-refractivity contribution is 14.0. The third-order valence-corrected chi connectivity index (χ3v) is 7.18. The van der Waals surface area contributed by atoms with E-state index in [1.165, 1.54) is 32.1 Å². The van der Waals surface area contributed by atoms with Crippen LogP contribution in [0.2, 0.25) is 0 Å². The number of sulfonamides is 1. The highest BCUT2D eigenvalue weighted by Gasteiger charge is 2.43. The third-order valence-electron chi connectivity index (χ3n) is 5.83. The van der Waals surface area contributed by atoms with E-state index >= 15 is 0 Å². The van der Waals surface area contributed by atoms with Crippen molar-refractivity contribution in [1.29, 1.82) is 0 Å². The lowest BCUT2D eigenvalue weighted by Gasteiger charge is -2.38. The zero-order chi connectivity index (χ0) is 16.3. The molecular weight excluding hydrogens is 439 g/mol. The summed E-state index contributed by atoms with van der Waals surface area (Å²) in [5.74, 6) is 1.51. The summed E-state index contributed by atoms with van der Waals surface area (Å²) in [4.78, 5) is 6.61. The van der Waals surface area contributed by atoms with Crippen molar-refractivity contribution in [2.45, 2.75) is 44.9 Å². The smallest absolute Gasteiger partial charge is 0.213 e. The van der Waals surface area contributed by atoms with Crippen LogP contribution in [0.25, 0.3) is 0 Å². The van der Waals surface area contributed by atoms with Gasteiger partial charge in [0.25, 0.3) is 0 Å². The van der Waals surface area contributed by atoms with Gasteiger partial charge in [0.2, 0.25) is 10.0 Å². The first kappa shape index (κ1) is 20.2. The molecule has 0 atom stereocenters. The molecule has 0 aromatic carbocycles. The van der Waals surface area contributed by atoms with Crippen molar-refractivity contribution in [3.63, 3.8) is 0 Å². The summed E-state index contributed by atoms with van der Waals surface area (Å²) in [7, 11) is -1.41. The second kappa shape index (κ2) is 8.53. The van der Waals surface area contributed by atoms with Gasteiger partial charge in [-0.2, -0.15) is 0 Å². The van der Waals surface area contributed by atoms with Crippen LogP contribution in [-0.2, 0) is 10.0 Å². The van der Waals surface area contributed by atoms with Crippen molar-refractivity contribution >= 4 is 40.0 Å². The van der Waals surface area contributed by atoms with E-state index < -0.39 is 10.0 Å². The first-order chi connectivity index (χ1) is 11.0. The van der Waals surface area contributed by atoms with Crippen LogP contribution in [0.1, 0.15) is 44.9 Å². The van der Waals surface area contributed by atoms with Gasteiger partial charge in [0, 0.05) is 33.2 Å². The normalized spacial score (nSPS) is 23.5. The van der Waals surface area contributed by atoms with Gasteiger partial charge < -0.3 is 10.2 Å². The lowest BCUT2D eigenvalue weighted by Crippen LogP contribution is -2.44. The molecule has 1 aliphatic heterocycles. The van der Waals surface area contributed by atoms with Gasteiger partial charge >= 0.3 is 0 Å². The fraction of sp³-hybridized carbons (Fsp3) is 0.938. The molecule has 3 fully saturated rings. The molecule has 0 amide bonds. The molecule has 8 heteroatoms. The van der Waals surface area contributed by atoms with Crippen LogP contribution in [-0.4, -0.2) is 58.3 Å². The Morgan fingerprint density at radius 1 is 1.25 bits per heavy atom. The van der Waals surface area contributed by atoms with E-state index in [9.17, 15) is 8.42 Å². The standard InChI is InChI=1S/C16H30N4O2S.HI/c1-17-15(20-10-8-16(13-20)6-3-7-16)18-9-11-23(21,22)19-12-14-4-2-5-14;/h14,19H,2-13H2,1H3,(H,17,18);1H. The highest BCUT2D eigenvalue weighted by atomic mass is 127. The maximum Gasteiger partial charge on any atom is 0.213 e. The summed E-state index contributed by atoms with van der Waals surface area (Å²) >= 11 is 0. The van der Waals surface area contributed by atoms with Crippen molar-refractivity contribution in [3.05, 3.63) is 0 Å². The molecule has 140 valence electrons. The summed E-state index contributed by atoms with van der Waals surface area (Å²) in [6, 6.07) is 0. The maximum absolute atomic E-state index is 12.0. The van der Waals surface area contributed by atoms with Crippen LogP contribution in [0.4, 0.5) is 0 Å². The van der Waals surface area contributed by atoms with Gasteiger partial charge in [0.1, 0.15) is 0 Å². The van der Waals surface area contributed by atoms with Crippen molar-refractivity contribution in [2.24, 2.45) is 16.3 Å². The molecule has 0 aromatic rings. The zero-order valence-corrected chi connectivity index (χ0v) is 17.7. The fourth-order valence-corrected chi connectivity index (χ4v) is 4.85. The van der Waals surface area contributed by atoms with Crippen molar-refractivity contribution in [3.8, 4) is 0 Å². The van der Waals surface area contributed by atoms with E-state index in [-0.39, 0.29) is 29.7 Å². The monoisotopic (exact) mass is 470 g/mol. The van der Waals surface area contributed by atoms with E-state index in [2.05, 4.69) is 19.9 Å². The molecule has 2 N–H and O–H groups in total. The van der Waals surface area contributed by atoms with E-state index in [1.807, 2.05) is 0 Å². The van der Waals surface area contributed by atoms with Crippen molar-refractivity contribution in [1.82, 2.24) is 14.9 Å². The molecule has 0 radical (unpaired) electrons. The molecule has 0 unspecified atom stereocenters. The Bertz CT molecular complexity index is 544. The summed E-state index contributed by atoms with van der Waals surface area (Å²) in [6.45, 7) is 3.12. The van der Waals surface area contributed by atoms with Gasteiger partial charge in [-0.15, -0.1) is 24.0 Å². The maximum atomic E-state index is 12.0. The molecule has 1 spiro atoms. The quantitative estimate of drug-likeness (QED) is 0.353. The minimum Gasteiger partial charge on any atom is -0.355 e. The minimum atomic E-state index is -3.18. The molecule has 1 heterocycles. The number of halogens is 1. The first-order valence-electron chi connectivity index (χ1n) is 8.95. The summed E-state index contributed by atoms with van der Waals surface area (Å²) in [6.07, 6.45) is 8.81. The highest BCUT2D eigenvalue weighted by Crippen LogP contribution is 2.47. The van der Waals surface area contributed by atoms with Crippen molar-refractivity contribution in [2.75, 3.05) is 39.0 Å². The van der Waals surface area contributed by atoms with E-state index in [4.69, 9.17) is 0 Å². The predicted molar refractivity (Wildman–Crippen MR) is 108 cm³/mol. The average Bonchev–Trinajstić information content (AvgIpc) is 2.87. The van der Waals surface area contributed by atoms with Crippen LogP contribution in [0.15, 0.2) is 4.99 Å². The second-order valence-corrected chi connectivity index (χ2v) is 9.39. The lowest BCUT2D eigenvalue weighted by atomic mass is 9.68. The largest absolute Gasteiger partial charge is 0.355 e. The number of rotatable bonds is 6. The topological polar surface area (TPSA) is 73.8 Å². The van der Waals surface area contributed by atoms with Gasteiger partial charge in [-0.25, -0.2) is 13.1 Å². The van der Waals surface area contributed by atoms with Gasteiger partial charge in [-0.3, -0.25) is 4.99 Å². The molecule has 1 saturated heterocycles. The molecule has 0 bridgehead atoms. The predicted octanol–water partition coefficient (Wildman–Crippen LogP) is 1.78. The van der Waals surface area contributed by atoms with Crippen LogP contribution in [0, 0.1) is 11.3 Å². The zero-order valence-electron chi connectivity index (χ0n) is 14.6. The average molecular weight is 470 g/mol. The number of nitrogens with one attached hydrogen (secondary N) is 2. The number of nitrogens with zero attached hydrogens (tertiary/aromatic N) is 2. The van der Waals surface area contributed by atoms with Crippen LogP contribution < -0.4 is 10.0 Å². The Hall–Kier alpha value is -0.0900. The van der Waals surface area contributed by atoms with Crippen molar-refractivity contribution < 1.29 is 8.42 Å². The Morgan fingerprint density at radius 2 is 2.00 bits per heavy atom. The third kappa shape index (κ3) is 4.97. The molecule has 3 aliphatic rings. The van der Waals surface area contributed by atoms with E-state index in [0.29, 0.717) is 24.4 Å². The molecule has 2 aliphatic carbocycles. The van der Waals surface area contributed by atoms with Gasteiger partial charge in [0.05, 0.1) is 5.75 Å².